The van der Waals surface area contributed by atoms with Crippen molar-refractivity contribution in [1.29, 1.82) is 0 Å². The van der Waals surface area contributed by atoms with E-state index >= 15 is 0 Å². The molecule has 0 aromatic carbocycles. The summed E-state index contributed by atoms with van der Waals surface area (Å²) in [6.45, 7) is 7.90. The third kappa shape index (κ3) is 3.19. The van der Waals surface area contributed by atoms with Gasteiger partial charge < -0.3 is 15.8 Å². The highest BCUT2D eigenvalue weighted by atomic mass is 16.5. The van der Waals surface area contributed by atoms with Crippen molar-refractivity contribution < 1.29 is 9.53 Å². The number of amides is 1. The first-order chi connectivity index (χ1) is 7.47. The average Bonchev–Trinajstić information content (AvgIpc) is 2.55. The lowest BCUT2D eigenvalue weighted by atomic mass is 9.85. The molecule has 0 aromatic rings. The summed E-state index contributed by atoms with van der Waals surface area (Å²) >= 11 is 0. The SMILES string of the molecule is CC(C)CCCNC(=O)C1(C)COCC1N. The molecule has 1 heterocycles. The average molecular weight is 228 g/mol. The molecule has 1 saturated heterocycles. The van der Waals surface area contributed by atoms with Crippen LogP contribution in [0.5, 0.6) is 0 Å². The second-order valence-electron chi connectivity index (χ2n) is 5.33. The van der Waals surface area contributed by atoms with E-state index < -0.39 is 5.41 Å². The van der Waals surface area contributed by atoms with Crippen LogP contribution in [0.1, 0.15) is 33.6 Å². The number of ether oxygens (including phenoxy) is 1. The molecule has 3 N–H and O–H groups in total. The molecule has 1 aliphatic heterocycles. The summed E-state index contributed by atoms with van der Waals surface area (Å²) in [7, 11) is 0. The monoisotopic (exact) mass is 228 g/mol. The van der Waals surface area contributed by atoms with Crippen molar-refractivity contribution in [3.05, 3.63) is 0 Å². The van der Waals surface area contributed by atoms with Crippen LogP contribution in [0.2, 0.25) is 0 Å². The lowest BCUT2D eigenvalue weighted by Crippen LogP contribution is -2.50. The van der Waals surface area contributed by atoms with Crippen LogP contribution in [0.3, 0.4) is 0 Å². The number of carbonyl (C=O) groups excluding carboxylic acids is 1. The van der Waals surface area contributed by atoms with Crippen molar-refractivity contribution in [1.82, 2.24) is 5.32 Å². The molecule has 0 bridgehead atoms. The van der Waals surface area contributed by atoms with Gasteiger partial charge in [0.25, 0.3) is 0 Å². The molecule has 1 fully saturated rings. The molecule has 2 atom stereocenters. The van der Waals surface area contributed by atoms with Crippen molar-refractivity contribution in [3.8, 4) is 0 Å². The van der Waals surface area contributed by atoms with Crippen LogP contribution >= 0.6 is 0 Å². The van der Waals surface area contributed by atoms with Gasteiger partial charge in [-0.15, -0.1) is 0 Å². The molecule has 0 saturated carbocycles. The zero-order chi connectivity index (χ0) is 12.2. The Labute approximate surface area is 97.9 Å². The van der Waals surface area contributed by atoms with Gasteiger partial charge in [0.15, 0.2) is 0 Å². The third-order valence-corrected chi connectivity index (χ3v) is 3.28. The minimum absolute atomic E-state index is 0.0289. The fraction of sp³-hybridized carbons (Fsp3) is 0.917. The first kappa shape index (κ1) is 13.5. The molecule has 0 radical (unpaired) electrons. The maximum absolute atomic E-state index is 12.0. The molecule has 0 spiro atoms. The molecule has 1 rings (SSSR count). The van der Waals surface area contributed by atoms with E-state index in [0.717, 1.165) is 19.4 Å². The van der Waals surface area contributed by atoms with E-state index in [-0.39, 0.29) is 11.9 Å². The van der Waals surface area contributed by atoms with Crippen LogP contribution in [0.4, 0.5) is 0 Å². The van der Waals surface area contributed by atoms with Gasteiger partial charge in [0, 0.05) is 12.6 Å². The summed E-state index contributed by atoms with van der Waals surface area (Å²) in [6.07, 6.45) is 2.16. The first-order valence-corrected chi connectivity index (χ1v) is 6.08. The molecule has 4 heteroatoms. The lowest BCUT2D eigenvalue weighted by Gasteiger charge is -2.25. The summed E-state index contributed by atoms with van der Waals surface area (Å²) in [4.78, 5) is 12.0. The van der Waals surface area contributed by atoms with Gasteiger partial charge >= 0.3 is 0 Å². The Hall–Kier alpha value is -0.610. The summed E-state index contributed by atoms with van der Waals surface area (Å²) in [5.41, 5.74) is 5.34. The van der Waals surface area contributed by atoms with Gasteiger partial charge in [-0.2, -0.15) is 0 Å². The number of nitrogens with one attached hydrogen (secondary N) is 1. The van der Waals surface area contributed by atoms with Gasteiger partial charge in [0.2, 0.25) is 5.91 Å². The standard InChI is InChI=1S/C12H24N2O2/c1-9(2)5-4-6-14-11(15)12(3)8-16-7-10(12)13/h9-10H,4-8,13H2,1-3H3,(H,14,15). The first-order valence-electron chi connectivity index (χ1n) is 6.08. The summed E-state index contributed by atoms with van der Waals surface area (Å²) in [6, 6.07) is -0.183. The third-order valence-electron chi connectivity index (χ3n) is 3.28. The second kappa shape index (κ2) is 5.64. The Kier molecular flexibility index (Phi) is 4.74. The van der Waals surface area contributed by atoms with Crippen LogP contribution in [0.25, 0.3) is 0 Å². The Bertz CT molecular complexity index is 243. The number of hydrogen-bond acceptors (Lipinski definition) is 3. The van der Waals surface area contributed by atoms with Crippen molar-refractivity contribution in [2.75, 3.05) is 19.8 Å². The van der Waals surface area contributed by atoms with Gasteiger partial charge in [-0.3, -0.25) is 4.79 Å². The van der Waals surface area contributed by atoms with E-state index in [2.05, 4.69) is 19.2 Å². The Morgan fingerprint density at radius 1 is 1.62 bits per heavy atom. The largest absolute Gasteiger partial charge is 0.379 e. The van der Waals surface area contributed by atoms with E-state index in [0.29, 0.717) is 19.1 Å². The second-order valence-corrected chi connectivity index (χ2v) is 5.33. The molecule has 0 aliphatic carbocycles. The Morgan fingerprint density at radius 3 is 2.81 bits per heavy atom. The molecular weight excluding hydrogens is 204 g/mol. The number of rotatable bonds is 5. The minimum atomic E-state index is -0.544. The zero-order valence-electron chi connectivity index (χ0n) is 10.6. The minimum Gasteiger partial charge on any atom is -0.379 e. The summed E-state index contributed by atoms with van der Waals surface area (Å²) in [5, 5.41) is 2.95. The molecule has 1 aliphatic rings. The van der Waals surface area contributed by atoms with Crippen LogP contribution in [-0.2, 0) is 9.53 Å². The number of nitrogens with two attached hydrogens (primary N) is 1. The fourth-order valence-electron chi connectivity index (χ4n) is 1.84. The van der Waals surface area contributed by atoms with E-state index in [1.54, 1.807) is 0 Å². The topological polar surface area (TPSA) is 64.3 Å². The lowest BCUT2D eigenvalue weighted by molar-refractivity contribution is -0.130. The molecule has 4 nitrogen and oxygen atoms in total. The Morgan fingerprint density at radius 2 is 2.31 bits per heavy atom. The smallest absolute Gasteiger partial charge is 0.229 e. The number of carbonyl (C=O) groups is 1. The number of hydrogen-bond donors (Lipinski definition) is 2. The summed E-state index contributed by atoms with van der Waals surface area (Å²) < 4.78 is 5.25. The highest BCUT2D eigenvalue weighted by Crippen LogP contribution is 2.26. The summed E-state index contributed by atoms with van der Waals surface area (Å²) in [5.74, 6) is 0.714. The van der Waals surface area contributed by atoms with Crippen LogP contribution < -0.4 is 11.1 Å². The van der Waals surface area contributed by atoms with Gasteiger partial charge in [-0.25, -0.2) is 0 Å². The molecule has 16 heavy (non-hydrogen) atoms. The van der Waals surface area contributed by atoms with Crippen molar-refractivity contribution in [2.45, 2.75) is 39.7 Å². The molecule has 94 valence electrons. The highest BCUT2D eigenvalue weighted by Gasteiger charge is 2.44. The van der Waals surface area contributed by atoms with Crippen molar-refractivity contribution in [2.24, 2.45) is 17.1 Å². The van der Waals surface area contributed by atoms with Gasteiger partial charge in [-0.05, 0) is 25.7 Å². The zero-order valence-corrected chi connectivity index (χ0v) is 10.6. The van der Waals surface area contributed by atoms with Crippen molar-refractivity contribution in [3.63, 3.8) is 0 Å². The van der Waals surface area contributed by atoms with Gasteiger partial charge in [0.1, 0.15) is 0 Å². The van der Waals surface area contributed by atoms with Gasteiger partial charge in [-0.1, -0.05) is 13.8 Å². The van der Waals surface area contributed by atoms with Crippen LogP contribution in [0.15, 0.2) is 0 Å². The van der Waals surface area contributed by atoms with E-state index in [4.69, 9.17) is 10.5 Å². The predicted molar refractivity (Wildman–Crippen MR) is 64.0 cm³/mol. The van der Waals surface area contributed by atoms with Crippen LogP contribution in [0, 0.1) is 11.3 Å². The normalized spacial score (nSPS) is 29.7. The molecule has 0 aromatic heterocycles. The van der Waals surface area contributed by atoms with E-state index in [1.807, 2.05) is 6.92 Å². The highest BCUT2D eigenvalue weighted by molar-refractivity contribution is 5.83. The van der Waals surface area contributed by atoms with E-state index in [1.165, 1.54) is 0 Å². The fourth-order valence-corrected chi connectivity index (χ4v) is 1.84. The molecule has 2 unspecified atom stereocenters. The predicted octanol–water partition coefficient (Wildman–Crippen LogP) is 0.903. The Balaban J connectivity index is 2.29. The maximum atomic E-state index is 12.0. The van der Waals surface area contributed by atoms with E-state index in [9.17, 15) is 4.79 Å². The van der Waals surface area contributed by atoms with Gasteiger partial charge in [0.05, 0.1) is 18.6 Å². The van der Waals surface area contributed by atoms with Crippen molar-refractivity contribution >= 4 is 5.91 Å². The van der Waals surface area contributed by atoms with Crippen LogP contribution in [-0.4, -0.2) is 31.7 Å². The maximum Gasteiger partial charge on any atom is 0.229 e. The quantitative estimate of drug-likeness (QED) is 0.687. The molecular formula is C12H24N2O2. The molecule has 1 amide bonds.